The second-order valence-corrected chi connectivity index (χ2v) is 6.18. The lowest BCUT2D eigenvalue weighted by molar-refractivity contribution is 0.982. The molecule has 1 heterocycles. The van der Waals surface area contributed by atoms with E-state index in [4.69, 9.17) is 11.6 Å². The number of aryl methyl sites for hydroxylation is 1. The van der Waals surface area contributed by atoms with E-state index >= 15 is 0 Å². The van der Waals surface area contributed by atoms with E-state index in [1.54, 1.807) is 6.20 Å². The van der Waals surface area contributed by atoms with Crippen LogP contribution in [-0.4, -0.2) is 15.2 Å². The molecule has 0 unspecified atom stereocenters. The molecule has 0 radical (unpaired) electrons. The van der Waals surface area contributed by atoms with Gasteiger partial charge in [0, 0.05) is 20.9 Å². The smallest absolute Gasteiger partial charge is 0.249 e. The van der Waals surface area contributed by atoms with Gasteiger partial charge in [-0.05, 0) is 55.0 Å². The molecule has 23 heavy (non-hydrogen) atoms. The van der Waals surface area contributed by atoms with Gasteiger partial charge in [0.2, 0.25) is 5.95 Å². The van der Waals surface area contributed by atoms with Crippen LogP contribution in [0.5, 0.6) is 0 Å². The quantitative estimate of drug-likeness (QED) is 0.650. The predicted molar refractivity (Wildman–Crippen MR) is 96.7 cm³/mol. The van der Waals surface area contributed by atoms with Crippen molar-refractivity contribution in [2.75, 3.05) is 10.6 Å². The number of nitrogens with zero attached hydrogens (tertiary/aromatic N) is 3. The maximum atomic E-state index is 5.87. The highest BCUT2D eigenvalue weighted by Crippen LogP contribution is 2.22. The molecular formula is C16H13BrClN5. The third kappa shape index (κ3) is 4.18. The first-order valence-corrected chi connectivity index (χ1v) is 8.03. The molecule has 0 saturated carbocycles. The van der Waals surface area contributed by atoms with Crippen molar-refractivity contribution in [3.63, 3.8) is 0 Å². The maximum Gasteiger partial charge on any atom is 0.249 e. The molecular weight excluding hydrogens is 378 g/mol. The molecule has 0 aliphatic rings. The first kappa shape index (κ1) is 15.7. The number of hydrogen-bond acceptors (Lipinski definition) is 5. The summed E-state index contributed by atoms with van der Waals surface area (Å²) in [6.07, 6.45) is 1.56. The number of anilines is 4. The van der Waals surface area contributed by atoms with Gasteiger partial charge in [-0.2, -0.15) is 10.1 Å². The van der Waals surface area contributed by atoms with E-state index < -0.39 is 0 Å². The largest absolute Gasteiger partial charge is 0.339 e. The van der Waals surface area contributed by atoms with Crippen LogP contribution >= 0.6 is 27.5 Å². The number of rotatable bonds is 4. The van der Waals surface area contributed by atoms with E-state index in [9.17, 15) is 0 Å². The van der Waals surface area contributed by atoms with Crippen LogP contribution in [0, 0.1) is 6.92 Å². The zero-order valence-electron chi connectivity index (χ0n) is 12.2. The van der Waals surface area contributed by atoms with E-state index in [0.29, 0.717) is 16.8 Å². The van der Waals surface area contributed by atoms with E-state index in [-0.39, 0.29) is 0 Å². The Kier molecular flexibility index (Phi) is 4.73. The van der Waals surface area contributed by atoms with E-state index in [1.165, 1.54) is 0 Å². The van der Waals surface area contributed by atoms with Crippen molar-refractivity contribution in [1.29, 1.82) is 0 Å². The molecule has 0 amide bonds. The fourth-order valence-electron chi connectivity index (χ4n) is 1.95. The van der Waals surface area contributed by atoms with Crippen molar-refractivity contribution in [3.8, 4) is 0 Å². The second kappa shape index (κ2) is 6.93. The van der Waals surface area contributed by atoms with Crippen molar-refractivity contribution in [3.05, 3.63) is 63.7 Å². The fraction of sp³-hybridized carbons (Fsp3) is 0.0625. The van der Waals surface area contributed by atoms with Crippen LogP contribution in [0.15, 0.2) is 53.1 Å². The van der Waals surface area contributed by atoms with Gasteiger partial charge in [0.15, 0.2) is 5.82 Å². The number of nitrogens with one attached hydrogen (secondary N) is 2. The molecule has 0 aliphatic heterocycles. The minimum absolute atomic E-state index is 0.422. The molecule has 0 aliphatic carbocycles. The highest BCUT2D eigenvalue weighted by molar-refractivity contribution is 9.10. The van der Waals surface area contributed by atoms with E-state index in [1.807, 2.05) is 49.4 Å². The Bertz CT molecular complexity index is 823. The molecule has 0 fully saturated rings. The van der Waals surface area contributed by atoms with Crippen LogP contribution < -0.4 is 10.6 Å². The summed E-state index contributed by atoms with van der Waals surface area (Å²) in [6.45, 7) is 2.02. The summed E-state index contributed by atoms with van der Waals surface area (Å²) in [6, 6.07) is 13.3. The van der Waals surface area contributed by atoms with Crippen LogP contribution in [0.3, 0.4) is 0 Å². The molecule has 3 aromatic rings. The van der Waals surface area contributed by atoms with Gasteiger partial charge in [0.05, 0.1) is 6.20 Å². The molecule has 1 aromatic heterocycles. The minimum Gasteiger partial charge on any atom is -0.339 e. The molecule has 0 saturated heterocycles. The van der Waals surface area contributed by atoms with Crippen LogP contribution in [0.4, 0.5) is 23.1 Å². The Labute approximate surface area is 147 Å². The number of aromatic nitrogens is 3. The van der Waals surface area contributed by atoms with Gasteiger partial charge in [-0.3, -0.25) is 0 Å². The molecule has 2 aromatic carbocycles. The molecule has 2 N–H and O–H groups in total. The third-order valence-electron chi connectivity index (χ3n) is 3.09. The number of hydrogen-bond donors (Lipinski definition) is 2. The zero-order valence-corrected chi connectivity index (χ0v) is 14.6. The lowest BCUT2D eigenvalue weighted by atomic mass is 10.2. The fourth-order valence-corrected chi connectivity index (χ4v) is 2.32. The monoisotopic (exact) mass is 389 g/mol. The first-order chi connectivity index (χ1) is 11.1. The van der Waals surface area contributed by atoms with Gasteiger partial charge >= 0.3 is 0 Å². The van der Waals surface area contributed by atoms with Gasteiger partial charge in [-0.15, -0.1) is 5.10 Å². The standard InChI is InChI=1S/C16H13BrClN5/c1-10-8-13(6-7-14(10)17)21-16-22-15(9-19-23-16)20-12-4-2-11(18)3-5-12/h2-9H,1H3,(H2,20,21,22,23). The van der Waals surface area contributed by atoms with E-state index in [2.05, 4.69) is 41.7 Å². The molecule has 0 atom stereocenters. The summed E-state index contributed by atoms with van der Waals surface area (Å²) in [5.41, 5.74) is 2.90. The predicted octanol–water partition coefficient (Wildman–Crippen LogP) is 5.08. The van der Waals surface area contributed by atoms with Crippen molar-refractivity contribution in [1.82, 2.24) is 15.2 Å². The Hall–Kier alpha value is -2.18. The summed E-state index contributed by atoms with van der Waals surface area (Å²) in [5, 5.41) is 14.9. The van der Waals surface area contributed by atoms with E-state index in [0.717, 1.165) is 21.4 Å². The van der Waals surface area contributed by atoms with Crippen molar-refractivity contribution in [2.24, 2.45) is 0 Å². The second-order valence-electron chi connectivity index (χ2n) is 4.89. The molecule has 0 spiro atoms. The molecule has 7 heteroatoms. The van der Waals surface area contributed by atoms with Crippen molar-refractivity contribution < 1.29 is 0 Å². The number of halogens is 2. The zero-order chi connectivity index (χ0) is 16.2. The Balaban J connectivity index is 1.76. The average molecular weight is 391 g/mol. The summed E-state index contributed by atoms with van der Waals surface area (Å²) >= 11 is 9.35. The lowest BCUT2D eigenvalue weighted by Crippen LogP contribution is -2.02. The van der Waals surface area contributed by atoms with Crippen LogP contribution in [0.25, 0.3) is 0 Å². The molecule has 116 valence electrons. The number of benzene rings is 2. The van der Waals surface area contributed by atoms with Crippen LogP contribution in [0.2, 0.25) is 5.02 Å². The molecule has 0 bridgehead atoms. The minimum atomic E-state index is 0.422. The summed E-state index contributed by atoms with van der Waals surface area (Å²) in [7, 11) is 0. The van der Waals surface area contributed by atoms with Crippen LogP contribution in [-0.2, 0) is 0 Å². The Morgan fingerprint density at radius 3 is 2.48 bits per heavy atom. The van der Waals surface area contributed by atoms with Crippen LogP contribution in [0.1, 0.15) is 5.56 Å². The van der Waals surface area contributed by atoms with Gasteiger partial charge in [-0.1, -0.05) is 27.5 Å². The Morgan fingerprint density at radius 2 is 1.74 bits per heavy atom. The summed E-state index contributed by atoms with van der Waals surface area (Å²) < 4.78 is 1.06. The maximum absolute atomic E-state index is 5.87. The van der Waals surface area contributed by atoms with Gasteiger partial charge < -0.3 is 10.6 Å². The highest BCUT2D eigenvalue weighted by Gasteiger charge is 2.03. The normalized spacial score (nSPS) is 10.4. The molecule has 5 nitrogen and oxygen atoms in total. The highest BCUT2D eigenvalue weighted by atomic mass is 79.9. The summed E-state index contributed by atoms with van der Waals surface area (Å²) in [4.78, 5) is 4.40. The van der Waals surface area contributed by atoms with Gasteiger partial charge in [0.25, 0.3) is 0 Å². The van der Waals surface area contributed by atoms with Gasteiger partial charge in [-0.25, -0.2) is 0 Å². The van der Waals surface area contributed by atoms with Gasteiger partial charge in [0.1, 0.15) is 0 Å². The third-order valence-corrected chi connectivity index (χ3v) is 4.23. The van der Waals surface area contributed by atoms with Crippen molar-refractivity contribution in [2.45, 2.75) is 6.92 Å². The Morgan fingerprint density at radius 1 is 1.00 bits per heavy atom. The SMILES string of the molecule is Cc1cc(Nc2nncc(Nc3ccc(Cl)cc3)n2)ccc1Br. The first-order valence-electron chi connectivity index (χ1n) is 6.86. The summed E-state index contributed by atoms with van der Waals surface area (Å²) in [5.74, 6) is 1.02. The topological polar surface area (TPSA) is 62.7 Å². The molecule has 3 rings (SSSR count). The van der Waals surface area contributed by atoms with Crippen molar-refractivity contribution >= 4 is 50.7 Å². The average Bonchev–Trinajstić information content (AvgIpc) is 2.54. The lowest BCUT2D eigenvalue weighted by Gasteiger charge is -2.08.